The van der Waals surface area contributed by atoms with Gasteiger partial charge in [0.2, 0.25) is 11.8 Å². The number of alkyl halides is 3. The zero-order valence-corrected chi connectivity index (χ0v) is 13.1. The van der Waals surface area contributed by atoms with E-state index >= 15 is 0 Å². The molecule has 0 unspecified atom stereocenters. The topological polar surface area (TPSA) is 62.2 Å². The van der Waals surface area contributed by atoms with Gasteiger partial charge >= 0.3 is 0 Å². The lowest BCUT2D eigenvalue weighted by atomic mass is 10.2. The Bertz CT molecular complexity index is 469. The van der Waals surface area contributed by atoms with Crippen molar-refractivity contribution in [1.29, 1.82) is 5.41 Å². The fourth-order valence-corrected chi connectivity index (χ4v) is 1.54. The number of anilines is 1. The lowest BCUT2D eigenvalue weighted by molar-refractivity contribution is -0.116. The summed E-state index contributed by atoms with van der Waals surface area (Å²) < 4.78 is 3.20. The Hall–Kier alpha value is -0.970. The molecule has 0 saturated heterocycles. The first-order chi connectivity index (χ1) is 9.32. The van der Waals surface area contributed by atoms with E-state index in [2.05, 4.69) is 5.32 Å². The van der Waals surface area contributed by atoms with Gasteiger partial charge in [-0.05, 0) is 24.1 Å². The van der Waals surface area contributed by atoms with E-state index < -0.39 is 9.69 Å². The van der Waals surface area contributed by atoms with Gasteiger partial charge in [0.25, 0.3) is 3.79 Å². The predicted octanol–water partition coefficient (Wildman–Crippen LogP) is 4.29. The number of rotatable bonds is 5. The maximum absolute atomic E-state index is 11.4. The summed E-state index contributed by atoms with van der Waals surface area (Å²) in [6.07, 6.45) is 1.29. The number of carbonyl (C=O) groups is 1. The van der Waals surface area contributed by atoms with E-state index in [9.17, 15) is 4.79 Å². The van der Waals surface area contributed by atoms with E-state index in [0.29, 0.717) is 12.1 Å². The minimum absolute atomic E-state index is 0.0190. The second kappa shape index (κ2) is 7.72. The van der Waals surface area contributed by atoms with Crippen LogP contribution in [0.1, 0.15) is 25.3 Å². The molecule has 1 rings (SSSR count). The lowest BCUT2D eigenvalue weighted by Gasteiger charge is -2.13. The van der Waals surface area contributed by atoms with E-state index in [1.54, 1.807) is 24.3 Å². The Balaban J connectivity index is 2.51. The molecule has 0 spiro atoms. The van der Waals surface area contributed by atoms with E-state index in [0.717, 1.165) is 12.0 Å². The molecule has 0 saturated carbocycles. The fourth-order valence-electron chi connectivity index (χ4n) is 1.37. The van der Waals surface area contributed by atoms with Crippen molar-refractivity contribution in [3.63, 3.8) is 0 Å². The molecule has 7 heteroatoms. The molecule has 1 aromatic carbocycles. The zero-order chi connectivity index (χ0) is 15.2. The highest BCUT2D eigenvalue weighted by atomic mass is 35.6. The maximum Gasteiger partial charge on any atom is 0.265 e. The third-order valence-corrected chi connectivity index (χ3v) is 2.87. The number of hydrogen-bond donors (Lipinski definition) is 2. The molecular weight excluding hydrogens is 323 g/mol. The highest BCUT2D eigenvalue weighted by Crippen LogP contribution is 2.28. The summed E-state index contributed by atoms with van der Waals surface area (Å²) in [6.45, 7) is 2.07. The van der Waals surface area contributed by atoms with E-state index in [4.69, 9.17) is 44.9 Å². The molecule has 2 N–H and O–H groups in total. The Morgan fingerprint density at radius 2 is 1.90 bits per heavy atom. The summed E-state index contributed by atoms with van der Waals surface area (Å²) in [4.78, 5) is 11.4. The van der Waals surface area contributed by atoms with Gasteiger partial charge in [0.1, 0.15) is 6.61 Å². The first kappa shape index (κ1) is 17.1. The predicted molar refractivity (Wildman–Crippen MR) is 82.8 cm³/mol. The minimum Gasteiger partial charge on any atom is -0.473 e. The number of amides is 1. The van der Waals surface area contributed by atoms with Gasteiger partial charge in [0, 0.05) is 12.1 Å². The van der Waals surface area contributed by atoms with Crippen LogP contribution in [0.15, 0.2) is 24.3 Å². The second-order valence-corrected chi connectivity index (χ2v) is 6.39. The fraction of sp³-hybridized carbons (Fsp3) is 0.385. The van der Waals surface area contributed by atoms with Gasteiger partial charge in [-0.15, -0.1) is 0 Å². The summed E-state index contributed by atoms with van der Waals surface area (Å²) >= 11 is 16.5. The Labute approximate surface area is 132 Å². The number of benzene rings is 1. The van der Waals surface area contributed by atoms with Crippen LogP contribution < -0.4 is 5.32 Å². The summed E-state index contributed by atoms with van der Waals surface area (Å²) in [5.74, 6) is -0.447. The number of ether oxygens (including phenoxy) is 1. The number of halogens is 3. The van der Waals surface area contributed by atoms with Crippen molar-refractivity contribution >= 4 is 52.3 Å². The summed E-state index contributed by atoms with van der Waals surface area (Å²) in [7, 11) is 0. The van der Waals surface area contributed by atoms with Crippen LogP contribution in [-0.4, -0.2) is 15.6 Å². The van der Waals surface area contributed by atoms with Crippen molar-refractivity contribution in [2.45, 2.75) is 30.2 Å². The van der Waals surface area contributed by atoms with Crippen LogP contribution in [0, 0.1) is 5.41 Å². The van der Waals surface area contributed by atoms with Gasteiger partial charge in [0.05, 0.1) is 0 Å². The average Bonchev–Trinajstić information content (AvgIpc) is 2.36. The monoisotopic (exact) mass is 336 g/mol. The molecule has 20 heavy (non-hydrogen) atoms. The van der Waals surface area contributed by atoms with Crippen molar-refractivity contribution in [2.75, 3.05) is 5.32 Å². The summed E-state index contributed by atoms with van der Waals surface area (Å²) in [5.41, 5.74) is 1.51. The SMILES string of the molecule is CCCC(=O)Nc1ccc(COC(=N)C(Cl)(Cl)Cl)cc1. The quantitative estimate of drug-likeness (QED) is 0.478. The molecule has 0 aliphatic carbocycles. The van der Waals surface area contributed by atoms with Crippen LogP contribution in [0.3, 0.4) is 0 Å². The molecule has 110 valence electrons. The number of nitrogens with one attached hydrogen (secondary N) is 2. The molecule has 0 heterocycles. The lowest BCUT2D eigenvalue weighted by Crippen LogP contribution is -2.20. The molecule has 0 bridgehead atoms. The van der Waals surface area contributed by atoms with Gasteiger partial charge in [-0.3, -0.25) is 10.2 Å². The third-order valence-electron chi connectivity index (χ3n) is 2.36. The van der Waals surface area contributed by atoms with Gasteiger partial charge in [0.15, 0.2) is 0 Å². The summed E-state index contributed by atoms with van der Waals surface area (Å²) in [5, 5.41) is 10.2. The van der Waals surface area contributed by atoms with Crippen LogP contribution in [-0.2, 0) is 16.1 Å². The zero-order valence-electron chi connectivity index (χ0n) is 10.9. The third kappa shape index (κ3) is 5.99. The molecule has 4 nitrogen and oxygen atoms in total. The highest BCUT2D eigenvalue weighted by molar-refractivity contribution is 6.76. The Morgan fingerprint density at radius 1 is 1.30 bits per heavy atom. The van der Waals surface area contributed by atoms with Gasteiger partial charge in [-0.25, -0.2) is 0 Å². The molecule has 1 amide bonds. The molecule has 0 atom stereocenters. The normalized spacial score (nSPS) is 11.0. The van der Waals surface area contributed by atoms with Crippen molar-refractivity contribution in [3.05, 3.63) is 29.8 Å². The largest absolute Gasteiger partial charge is 0.473 e. The maximum atomic E-state index is 11.4. The number of hydrogen-bond acceptors (Lipinski definition) is 3. The molecular formula is C13H15Cl3N2O2. The molecule has 1 aromatic rings. The minimum atomic E-state index is -1.85. The van der Waals surface area contributed by atoms with Crippen LogP contribution in [0.4, 0.5) is 5.69 Å². The van der Waals surface area contributed by atoms with Crippen LogP contribution in [0.2, 0.25) is 0 Å². The molecule has 0 aliphatic heterocycles. The van der Waals surface area contributed by atoms with Crippen molar-refractivity contribution in [1.82, 2.24) is 0 Å². The first-order valence-electron chi connectivity index (χ1n) is 6.00. The van der Waals surface area contributed by atoms with E-state index in [-0.39, 0.29) is 12.5 Å². The van der Waals surface area contributed by atoms with Gasteiger partial charge in [-0.2, -0.15) is 0 Å². The number of carbonyl (C=O) groups excluding carboxylic acids is 1. The molecule has 0 fully saturated rings. The van der Waals surface area contributed by atoms with Crippen LogP contribution in [0.5, 0.6) is 0 Å². The van der Waals surface area contributed by atoms with Crippen molar-refractivity contribution in [3.8, 4) is 0 Å². The first-order valence-corrected chi connectivity index (χ1v) is 7.13. The van der Waals surface area contributed by atoms with E-state index in [1.165, 1.54) is 0 Å². The standard InChI is InChI=1S/C13H15Cl3N2O2/c1-2-3-11(19)18-10-6-4-9(5-7-10)8-20-12(17)13(14,15)16/h4-7,17H,2-3,8H2,1H3,(H,18,19). The Morgan fingerprint density at radius 3 is 2.40 bits per heavy atom. The van der Waals surface area contributed by atoms with Crippen molar-refractivity contribution < 1.29 is 9.53 Å². The van der Waals surface area contributed by atoms with Crippen molar-refractivity contribution in [2.24, 2.45) is 0 Å². The highest BCUT2D eigenvalue weighted by Gasteiger charge is 2.28. The van der Waals surface area contributed by atoms with E-state index in [1.807, 2.05) is 6.92 Å². The second-order valence-electron chi connectivity index (χ2n) is 4.11. The smallest absolute Gasteiger partial charge is 0.265 e. The Kier molecular flexibility index (Phi) is 6.59. The van der Waals surface area contributed by atoms with Crippen LogP contribution in [0.25, 0.3) is 0 Å². The average molecular weight is 338 g/mol. The van der Waals surface area contributed by atoms with Gasteiger partial charge < -0.3 is 10.1 Å². The molecule has 0 aromatic heterocycles. The van der Waals surface area contributed by atoms with Crippen LogP contribution >= 0.6 is 34.8 Å². The molecule has 0 aliphatic rings. The summed E-state index contributed by atoms with van der Waals surface area (Å²) in [6, 6.07) is 7.05. The van der Waals surface area contributed by atoms with Gasteiger partial charge in [-0.1, -0.05) is 53.9 Å². The molecule has 0 radical (unpaired) electrons.